The molecule has 0 amide bonds. The predicted octanol–water partition coefficient (Wildman–Crippen LogP) is 3.22. The second-order valence-electron chi connectivity index (χ2n) is 3.42. The van der Waals surface area contributed by atoms with Gasteiger partial charge in [0, 0.05) is 6.42 Å². The van der Waals surface area contributed by atoms with Gasteiger partial charge in [-0.15, -0.1) is 22.0 Å². The fourth-order valence-corrected chi connectivity index (χ4v) is 2.06. The maximum atomic E-state index is 5.49. The van der Waals surface area contributed by atoms with Crippen molar-refractivity contribution in [2.45, 2.75) is 31.3 Å². The summed E-state index contributed by atoms with van der Waals surface area (Å²) < 4.78 is 10.7. The van der Waals surface area contributed by atoms with Crippen molar-refractivity contribution in [2.75, 3.05) is 0 Å². The molecule has 2 aromatic heterocycles. The quantitative estimate of drug-likeness (QED) is 0.800. The molecule has 0 N–H and O–H groups in total. The Labute approximate surface area is 98.4 Å². The third-order valence-corrected chi connectivity index (χ3v) is 3.34. The minimum absolute atomic E-state index is 0.192. The van der Waals surface area contributed by atoms with Crippen molar-refractivity contribution in [3.63, 3.8) is 0 Å². The average Bonchev–Trinajstić information content (AvgIpc) is 2.96. The van der Waals surface area contributed by atoms with Crippen LogP contribution in [0.1, 0.15) is 36.6 Å². The van der Waals surface area contributed by atoms with Crippen LogP contribution >= 0.6 is 11.8 Å². The van der Waals surface area contributed by atoms with E-state index in [1.807, 2.05) is 19.1 Å². The number of nitrogens with zero attached hydrogens (tertiary/aromatic N) is 2. The Morgan fingerprint density at radius 2 is 2.31 bits per heavy atom. The number of aromatic nitrogens is 2. The van der Waals surface area contributed by atoms with Crippen molar-refractivity contribution in [2.24, 2.45) is 0 Å². The van der Waals surface area contributed by atoms with Crippen LogP contribution < -0.4 is 0 Å². The lowest BCUT2D eigenvalue weighted by Crippen LogP contribution is -1.89. The minimum atomic E-state index is 0.192. The molecule has 0 aliphatic rings. The molecule has 0 fully saturated rings. The van der Waals surface area contributed by atoms with E-state index in [1.165, 1.54) is 0 Å². The molecular formula is C11H14N2O2S. The van der Waals surface area contributed by atoms with Crippen molar-refractivity contribution in [3.05, 3.63) is 35.9 Å². The molecule has 0 saturated heterocycles. The van der Waals surface area contributed by atoms with Crippen LogP contribution in [-0.2, 0) is 12.2 Å². The van der Waals surface area contributed by atoms with Gasteiger partial charge in [0.1, 0.15) is 5.76 Å². The lowest BCUT2D eigenvalue weighted by atomic mass is 10.5. The molecule has 2 aromatic rings. The monoisotopic (exact) mass is 238 g/mol. The van der Waals surface area contributed by atoms with Crippen LogP contribution in [0.5, 0.6) is 0 Å². The van der Waals surface area contributed by atoms with E-state index in [1.54, 1.807) is 18.0 Å². The van der Waals surface area contributed by atoms with Crippen molar-refractivity contribution < 1.29 is 8.83 Å². The third-order valence-electron chi connectivity index (χ3n) is 2.19. The topological polar surface area (TPSA) is 52.1 Å². The Morgan fingerprint density at radius 3 is 2.94 bits per heavy atom. The van der Waals surface area contributed by atoms with Gasteiger partial charge in [0.2, 0.25) is 11.8 Å². The maximum absolute atomic E-state index is 5.49. The SMILES string of the molecule is CCc1nnc([C@H](C)SCc2ccco2)o1. The van der Waals surface area contributed by atoms with Crippen molar-refractivity contribution >= 4 is 11.8 Å². The van der Waals surface area contributed by atoms with Gasteiger partial charge >= 0.3 is 0 Å². The van der Waals surface area contributed by atoms with E-state index in [4.69, 9.17) is 8.83 Å². The summed E-state index contributed by atoms with van der Waals surface area (Å²) in [6.07, 6.45) is 2.46. The highest BCUT2D eigenvalue weighted by Crippen LogP contribution is 2.30. The van der Waals surface area contributed by atoms with Gasteiger partial charge in [0.15, 0.2) is 0 Å². The molecule has 2 heterocycles. The molecule has 0 aliphatic carbocycles. The first-order chi connectivity index (χ1) is 7.79. The molecule has 2 rings (SSSR count). The lowest BCUT2D eigenvalue weighted by Gasteiger charge is -2.04. The average molecular weight is 238 g/mol. The van der Waals surface area contributed by atoms with E-state index >= 15 is 0 Å². The third kappa shape index (κ3) is 2.66. The Bertz CT molecular complexity index is 425. The smallest absolute Gasteiger partial charge is 0.229 e. The van der Waals surface area contributed by atoms with Gasteiger partial charge < -0.3 is 8.83 Å². The van der Waals surface area contributed by atoms with E-state index in [9.17, 15) is 0 Å². The van der Waals surface area contributed by atoms with Gasteiger partial charge in [-0.25, -0.2) is 0 Å². The van der Waals surface area contributed by atoms with Crippen LogP contribution in [0.2, 0.25) is 0 Å². The zero-order valence-electron chi connectivity index (χ0n) is 9.34. The minimum Gasteiger partial charge on any atom is -0.468 e. The highest BCUT2D eigenvalue weighted by atomic mass is 32.2. The largest absolute Gasteiger partial charge is 0.468 e. The summed E-state index contributed by atoms with van der Waals surface area (Å²) in [6, 6.07) is 3.85. The van der Waals surface area contributed by atoms with E-state index in [0.29, 0.717) is 11.8 Å². The summed E-state index contributed by atoms with van der Waals surface area (Å²) >= 11 is 1.72. The number of furan rings is 1. The van der Waals surface area contributed by atoms with Crippen LogP contribution in [0.4, 0.5) is 0 Å². The van der Waals surface area contributed by atoms with Gasteiger partial charge in [0.05, 0.1) is 17.3 Å². The number of thioether (sulfide) groups is 1. The summed E-state index contributed by atoms with van der Waals surface area (Å²) in [7, 11) is 0. The van der Waals surface area contributed by atoms with Crippen molar-refractivity contribution in [1.29, 1.82) is 0 Å². The second kappa shape index (κ2) is 5.21. The number of rotatable bonds is 5. The first-order valence-electron chi connectivity index (χ1n) is 5.26. The molecule has 0 aliphatic heterocycles. The zero-order valence-corrected chi connectivity index (χ0v) is 10.2. The van der Waals surface area contributed by atoms with Crippen molar-refractivity contribution in [3.8, 4) is 0 Å². The molecule has 0 bridgehead atoms. The van der Waals surface area contributed by atoms with Crippen LogP contribution in [0.3, 0.4) is 0 Å². The van der Waals surface area contributed by atoms with Gasteiger partial charge in [0.25, 0.3) is 0 Å². The Morgan fingerprint density at radius 1 is 1.44 bits per heavy atom. The molecule has 0 saturated carbocycles. The number of hydrogen-bond donors (Lipinski definition) is 0. The molecule has 0 spiro atoms. The molecule has 16 heavy (non-hydrogen) atoms. The molecular weight excluding hydrogens is 224 g/mol. The van der Waals surface area contributed by atoms with Crippen molar-refractivity contribution in [1.82, 2.24) is 10.2 Å². The van der Waals surface area contributed by atoms with Crippen LogP contribution in [-0.4, -0.2) is 10.2 Å². The molecule has 5 heteroatoms. The summed E-state index contributed by atoms with van der Waals surface area (Å²) in [6.45, 7) is 4.05. The Kier molecular flexibility index (Phi) is 3.66. The molecule has 0 aromatic carbocycles. The summed E-state index contributed by atoms with van der Waals surface area (Å²) in [5, 5.41) is 8.16. The molecule has 4 nitrogen and oxygen atoms in total. The van der Waals surface area contributed by atoms with Gasteiger partial charge in [-0.3, -0.25) is 0 Å². The van der Waals surface area contributed by atoms with Crippen LogP contribution in [0.25, 0.3) is 0 Å². The number of hydrogen-bond acceptors (Lipinski definition) is 5. The van der Waals surface area contributed by atoms with E-state index in [2.05, 4.69) is 17.1 Å². The Hall–Kier alpha value is -1.23. The molecule has 86 valence electrons. The first kappa shape index (κ1) is 11.3. The summed E-state index contributed by atoms with van der Waals surface area (Å²) in [5.41, 5.74) is 0. The van der Waals surface area contributed by atoms with E-state index in [-0.39, 0.29) is 5.25 Å². The van der Waals surface area contributed by atoms with Gasteiger partial charge in [-0.05, 0) is 19.1 Å². The standard InChI is InChI=1S/C11H14N2O2S/c1-3-10-12-13-11(15-10)8(2)16-7-9-5-4-6-14-9/h4-6,8H,3,7H2,1-2H3/t8-/m0/s1. The maximum Gasteiger partial charge on any atom is 0.229 e. The molecule has 0 radical (unpaired) electrons. The fourth-order valence-electron chi connectivity index (χ4n) is 1.25. The fraction of sp³-hybridized carbons (Fsp3) is 0.455. The molecule has 1 atom stereocenters. The molecule has 0 unspecified atom stereocenters. The van der Waals surface area contributed by atoms with Crippen LogP contribution in [0, 0.1) is 0 Å². The number of aryl methyl sites for hydroxylation is 1. The predicted molar refractivity (Wildman–Crippen MR) is 62.1 cm³/mol. The first-order valence-corrected chi connectivity index (χ1v) is 6.30. The summed E-state index contributed by atoms with van der Waals surface area (Å²) in [4.78, 5) is 0. The Balaban J connectivity index is 1.90. The highest BCUT2D eigenvalue weighted by Gasteiger charge is 2.14. The van der Waals surface area contributed by atoms with E-state index in [0.717, 1.165) is 17.9 Å². The highest BCUT2D eigenvalue weighted by molar-refractivity contribution is 7.98. The van der Waals surface area contributed by atoms with E-state index < -0.39 is 0 Å². The normalized spacial score (nSPS) is 12.9. The summed E-state index contributed by atoms with van der Waals surface area (Å²) in [5.74, 6) is 3.17. The second-order valence-corrected chi connectivity index (χ2v) is 4.75. The van der Waals surface area contributed by atoms with Gasteiger partial charge in [-0.2, -0.15) is 0 Å². The van der Waals surface area contributed by atoms with Crippen LogP contribution in [0.15, 0.2) is 27.2 Å². The lowest BCUT2D eigenvalue weighted by molar-refractivity contribution is 0.456. The van der Waals surface area contributed by atoms with Gasteiger partial charge in [-0.1, -0.05) is 6.92 Å². The zero-order chi connectivity index (χ0) is 11.4.